The number of Topliss-reactive ketones (excluding diaryl/α,β-unsaturated/α-hetero) is 1. The average Bonchev–Trinajstić information content (AvgIpc) is 3.24. The summed E-state index contributed by atoms with van der Waals surface area (Å²) in [6.45, 7) is 3.79. The molecule has 1 aromatic carbocycles. The summed E-state index contributed by atoms with van der Waals surface area (Å²) in [6, 6.07) is 12.4. The number of H-pyrrole nitrogens is 1. The second-order valence-electron chi connectivity index (χ2n) is 7.10. The van der Waals surface area contributed by atoms with Gasteiger partial charge in [0.25, 0.3) is 11.5 Å². The van der Waals surface area contributed by atoms with Crippen LogP contribution in [0.15, 0.2) is 52.1 Å². The molecule has 0 fully saturated rings. The van der Waals surface area contributed by atoms with Gasteiger partial charge in [0.15, 0.2) is 11.5 Å². The number of benzene rings is 1. The monoisotopic (exact) mass is 440 g/mol. The molecule has 0 aliphatic rings. The van der Waals surface area contributed by atoms with E-state index in [1.807, 2.05) is 37.3 Å². The Morgan fingerprint density at radius 3 is 2.39 bits per heavy atom. The Morgan fingerprint density at radius 2 is 1.77 bits per heavy atom. The van der Waals surface area contributed by atoms with Crippen molar-refractivity contribution < 1.29 is 9.59 Å². The van der Waals surface area contributed by atoms with Crippen molar-refractivity contribution in [3.8, 4) is 0 Å². The first-order valence-corrected chi connectivity index (χ1v) is 10.7. The lowest BCUT2D eigenvalue weighted by atomic mass is 10.2. The molecular weight excluding hydrogens is 416 g/mol. The maximum Gasteiger partial charge on any atom is 0.330 e. The van der Waals surface area contributed by atoms with Crippen molar-refractivity contribution in [3.05, 3.63) is 78.6 Å². The molecule has 0 saturated heterocycles. The predicted molar refractivity (Wildman–Crippen MR) is 122 cm³/mol. The summed E-state index contributed by atoms with van der Waals surface area (Å²) in [5.41, 5.74) is 5.67. The fraction of sp³-hybridized carbons (Fsp3) is 0.273. The van der Waals surface area contributed by atoms with Gasteiger partial charge in [-0.05, 0) is 31.0 Å². The molecular formula is C22H24N4O4S. The van der Waals surface area contributed by atoms with Gasteiger partial charge in [0.2, 0.25) is 0 Å². The van der Waals surface area contributed by atoms with Gasteiger partial charge in [-0.1, -0.05) is 43.7 Å². The van der Waals surface area contributed by atoms with E-state index in [0.717, 1.165) is 23.3 Å². The van der Waals surface area contributed by atoms with Gasteiger partial charge in [0.05, 0.1) is 16.3 Å². The molecule has 0 radical (unpaired) electrons. The highest BCUT2D eigenvalue weighted by Gasteiger charge is 2.26. The molecule has 8 nitrogen and oxygen atoms in total. The van der Waals surface area contributed by atoms with Gasteiger partial charge >= 0.3 is 5.69 Å². The number of carbonyl (C=O) groups is 2. The highest BCUT2D eigenvalue weighted by molar-refractivity contribution is 7.16. The van der Waals surface area contributed by atoms with Crippen molar-refractivity contribution in [2.75, 3.05) is 17.2 Å². The molecule has 0 unspecified atom stereocenters. The minimum Gasteiger partial charge on any atom is -0.383 e. The second-order valence-corrected chi connectivity index (χ2v) is 8.18. The zero-order chi connectivity index (χ0) is 22.5. The topological polar surface area (TPSA) is 118 Å². The van der Waals surface area contributed by atoms with Crippen molar-refractivity contribution in [3.63, 3.8) is 0 Å². The molecule has 3 aromatic rings. The fourth-order valence-electron chi connectivity index (χ4n) is 3.17. The number of rotatable bonds is 8. The van der Waals surface area contributed by atoms with E-state index >= 15 is 0 Å². The lowest BCUT2D eigenvalue weighted by molar-refractivity contribution is 0.0988. The maximum atomic E-state index is 13.3. The maximum absolute atomic E-state index is 13.3. The molecule has 0 atom stereocenters. The number of nitrogens with two attached hydrogens (primary N) is 1. The SMILES string of the molecule is CCCCN(C(=O)c1ccc(C(C)=O)s1)c1c(N)n(Cc2ccccc2)c(=O)[nH]c1=O. The third-order valence-corrected chi connectivity index (χ3v) is 5.99. The van der Waals surface area contributed by atoms with Gasteiger partial charge < -0.3 is 5.73 Å². The Balaban J connectivity index is 2.09. The van der Waals surface area contributed by atoms with Crippen molar-refractivity contribution >= 4 is 34.5 Å². The van der Waals surface area contributed by atoms with E-state index in [-0.39, 0.29) is 30.4 Å². The van der Waals surface area contributed by atoms with Crippen LogP contribution in [-0.2, 0) is 6.54 Å². The second kappa shape index (κ2) is 9.57. The number of anilines is 2. The molecule has 162 valence electrons. The van der Waals surface area contributed by atoms with Crippen LogP contribution >= 0.6 is 11.3 Å². The van der Waals surface area contributed by atoms with Crippen molar-refractivity contribution in [1.82, 2.24) is 9.55 Å². The first-order valence-electron chi connectivity index (χ1n) is 9.92. The average molecular weight is 441 g/mol. The minimum atomic E-state index is -0.723. The Labute approximate surface area is 183 Å². The van der Waals surface area contributed by atoms with Gasteiger partial charge in [0.1, 0.15) is 5.82 Å². The summed E-state index contributed by atoms with van der Waals surface area (Å²) >= 11 is 1.06. The van der Waals surface area contributed by atoms with E-state index in [2.05, 4.69) is 4.98 Å². The number of unbranched alkanes of at least 4 members (excludes halogenated alkanes) is 1. The summed E-state index contributed by atoms with van der Waals surface area (Å²) < 4.78 is 1.24. The molecule has 0 aliphatic carbocycles. The number of aromatic nitrogens is 2. The van der Waals surface area contributed by atoms with Crippen LogP contribution in [0.4, 0.5) is 11.5 Å². The van der Waals surface area contributed by atoms with E-state index in [4.69, 9.17) is 5.73 Å². The van der Waals surface area contributed by atoms with Crippen LogP contribution in [0.1, 0.15) is 51.6 Å². The third kappa shape index (κ3) is 4.83. The van der Waals surface area contributed by atoms with Crippen LogP contribution in [0.3, 0.4) is 0 Å². The molecule has 0 bridgehead atoms. The molecule has 2 heterocycles. The zero-order valence-electron chi connectivity index (χ0n) is 17.4. The van der Waals surface area contributed by atoms with Gasteiger partial charge in [-0.3, -0.25) is 28.8 Å². The number of hydrogen-bond acceptors (Lipinski definition) is 6. The van der Waals surface area contributed by atoms with Crippen LogP contribution in [-0.4, -0.2) is 27.8 Å². The first-order chi connectivity index (χ1) is 14.8. The lowest BCUT2D eigenvalue weighted by Gasteiger charge is -2.24. The Kier molecular flexibility index (Phi) is 6.86. The van der Waals surface area contributed by atoms with E-state index < -0.39 is 17.2 Å². The normalized spacial score (nSPS) is 10.8. The number of nitrogens with zero attached hydrogens (tertiary/aromatic N) is 2. The lowest BCUT2D eigenvalue weighted by Crippen LogP contribution is -2.41. The fourth-order valence-corrected chi connectivity index (χ4v) is 4.02. The van der Waals surface area contributed by atoms with Crippen molar-refractivity contribution in [2.24, 2.45) is 0 Å². The summed E-state index contributed by atoms with van der Waals surface area (Å²) in [5.74, 6) is -0.656. The number of amides is 1. The predicted octanol–water partition coefficient (Wildman–Crippen LogP) is 2.88. The van der Waals surface area contributed by atoms with Crippen LogP contribution in [0.5, 0.6) is 0 Å². The van der Waals surface area contributed by atoms with E-state index in [1.165, 1.54) is 16.4 Å². The quantitative estimate of drug-likeness (QED) is 0.522. The first kappa shape index (κ1) is 22.2. The Hall–Kier alpha value is -3.46. The highest BCUT2D eigenvalue weighted by Crippen LogP contribution is 2.24. The number of carbonyl (C=O) groups excluding carboxylic acids is 2. The highest BCUT2D eigenvalue weighted by atomic mass is 32.1. The number of thiophene rings is 1. The van der Waals surface area contributed by atoms with Crippen molar-refractivity contribution in [2.45, 2.75) is 33.2 Å². The number of aromatic amines is 1. The number of nitrogens with one attached hydrogen (secondary N) is 1. The number of ketones is 1. The molecule has 0 saturated carbocycles. The standard InChI is InChI=1S/C22H24N4O4S/c1-3-4-12-25(21(29)17-11-10-16(31-17)14(2)27)18-19(23)26(22(30)24-20(18)28)13-15-8-6-5-7-9-15/h5-11H,3-4,12-13,23H2,1-2H3,(H,24,28,30). The molecule has 0 aliphatic heterocycles. The van der Waals surface area contributed by atoms with Crippen LogP contribution in [0.25, 0.3) is 0 Å². The molecule has 1 amide bonds. The van der Waals surface area contributed by atoms with Gasteiger partial charge in [-0.25, -0.2) is 4.79 Å². The molecule has 31 heavy (non-hydrogen) atoms. The molecule has 9 heteroatoms. The number of nitrogen functional groups attached to an aromatic ring is 1. The molecule has 3 N–H and O–H groups in total. The van der Waals surface area contributed by atoms with Gasteiger partial charge in [-0.2, -0.15) is 0 Å². The third-order valence-electron chi connectivity index (χ3n) is 4.81. The van der Waals surface area contributed by atoms with Gasteiger partial charge in [0, 0.05) is 6.54 Å². The summed E-state index contributed by atoms with van der Waals surface area (Å²) in [6.07, 6.45) is 1.42. The van der Waals surface area contributed by atoms with Crippen LogP contribution in [0.2, 0.25) is 0 Å². The smallest absolute Gasteiger partial charge is 0.330 e. The van der Waals surface area contributed by atoms with Crippen LogP contribution in [0, 0.1) is 0 Å². The Morgan fingerprint density at radius 1 is 1.10 bits per heavy atom. The van der Waals surface area contributed by atoms with E-state index in [9.17, 15) is 19.2 Å². The molecule has 2 aromatic heterocycles. The molecule has 3 rings (SSSR count). The minimum absolute atomic E-state index is 0.0632. The number of hydrogen-bond donors (Lipinski definition) is 2. The van der Waals surface area contributed by atoms with Crippen LogP contribution < -0.4 is 21.9 Å². The Bertz CT molecular complexity index is 1210. The summed E-state index contributed by atoms with van der Waals surface area (Å²) in [7, 11) is 0. The molecule has 0 spiro atoms. The summed E-state index contributed by atoms with van der Waals surface area (Å²) in [4.78, 5) is 54.4. The van der Waals surface area contributed by atoms with Crippen molar-refractivity contribution in [1.29, 1.82) is 0 Å². The largest absolute Gasteiger partial charge is 0.383 e. The van der Waals surface area contributed by atoms with Gasteiger partial charge in [-0.15, -0.1) is 11.3 Å². The zero-order valence-corrected chi connectivity index (χ0v) is 18.2. The van der Waals surface area contributed by atoms with E-state index in [0.29, 0.717) is 16.2 Å². The summed E-state index contributed by atoms with van der Waals surface area (Å²) in [5, 5.41) is 0. The van der Waals surface area contributed by atoms with E-state index in [1.54, 1.807) is 12.1 Å².